The minimum Gasteiger partial charge on any atom is -0.371 e. The van der Waals surface area contributed by atoms with E-state index >= 15 is 0 Å². The van der Waals surface area contributed by atoms with Crippen molar-refractivity contribution in [3.05, 3.63) is 57.3 Å². The molecule has 24 heavy (non-hydrogen) atoms. The molecule has 1 aromatic heterocycles. The summed E-state index contributed by atoms with van der Waals surface area (Å²) in [6.45, 7) is 4.17. The monoisotopic (exact) mass is 339 g/mol. The largest absolute Gasteiger partial charge is 0.371 e. The molecule has 0 bridgehead atoms. The van der Waals surface area contributed by atoms with Crippen molar-refractivity contribution in [2.45, 2.75) is 19.8 Å². The summed E-state index contributed by atoms with van der Waals surface area (Å²) in [7, 11) is 0. The molecule has 0 unspecified atom stereocenters. The second kappa shape index (κ2) is 5.95. The molecule has 1 N–H and O–H groups in total. The molecule has 1 aliphatic heterocycles. The van der Waals surface area contributed by atoms with E-state index in [9.17, 15) is 4.79 Å². The van der Waals surface area contributed by atoms with E-state index in [2.05, 4.69) is 20.9 Å². The van der Waals surface area contributed by atoms with Crippen LogP contribution >= 0.6 is 11.6 Å². The third-order valence-electron chi connectivity index (χ3n) is 4.67. The number of aromatic amines is 1. The van der Waals surface area contributed by atoms with E-state index in [1.54, 1.807) is 6.07 Å². The molecule has 0 radical (unpaired) electrons. The summed E-state index contributed by atoms with van der Waals surface area (Å²) in [5.41, 5.74) is 3.50. The number of nitrogens with one attached hydrogen (secondary N) is 1. The minimum absolute atomic E-state index is 0.145. The second-order valence-corrected chi connectivity index (χ2v) is 6.58. The molecule has 1 saturated heterocycles. The van der Waals surface area contributed by atoms with Crippen LogP contribution in [0.2, 0.25) is 5.02 Å². The summed E-state index contributed by atoms with van der Waals surface area (Å²) in [6.07, 6.45) is 2.44. The van der Waals surface area contributed by atoms with E-state index in [-0.39, 0.29) is 5.56 Å². The number of H-pyrrole nitrogens is 1. The molecule has 4 nitrogen and oxygen atoms in total. The molecular weight excluding hydrogens is 322 g/mol. The van der Waals surface area contributed by atoms with Crippen LogP contribution < -0.4 is 10.5 Å². The van der Waals surface area contributed by atoms with E-state index < -0.39 is 0 Å². The van der Waals surface area contributed by atoms with Gasteiger partial charge in [-0.25, -0.2) is 4.98 Å². The van der Waals surface area contributed by atoms with Crippen molar-refractivity contribution in [2.75, 3.05) is 18.0 Å². The quantitative estimate of drug-likeness (QED) is 0.763. The van der Waals surface area contributed by atoms with Gasteiger partial charge >= 0.3 is 0 Å². The molecule has 0 aliphatic carbocycles. The molecule has 122 valence electrons. The van der Waals surface area contributed by atoms with Crippen LogP contribution in [-0.2, 0) is 0 Å². The molecular formula is C19H18ClN3O. The highest BCUT2D eigenvalue weighted by atomic mass is 35.5. The predicted octanol–water partition coefficient (Wildman–Crippen LogP) is 4.15. The van der Waals surface area contributed by atoms with Gasteiger partial charge in [0.1, 0.15) is 5.82 Å². The number of hydrogen-bond donors (Lipinski definition) is 1. The zero-order valence-electron chi connectivity index (χ0n) is 13.5. The van der Waals surface area contributed by atoms with Crippen molar-refractivity contribution in [2.24, 2.45) is 0 Å². The van der Waals surface area contributed by atoms with Gasteiger partial charge in [-0.3, -0.25) is 4.79 Å². The van der Waals surface area contributed by atoms with Crippen LogP contribution in [0.5, 0.6) is 0 Å². The minimum atomic E-state index is -0.145. The Labute approximate surface area is 145 Å². The number of nitrogens with zero attached hydrogens (tertiary/aromatic N) is 2. The standard InChI is InChI=1S/C19H18ClN3O/c1-12-16(23-10-4-5-11-23)9-8-14(17(12)20)18-21-15-7-3-2-6-13(15)19(24)22-18/h2-3,6-9H,4-5,10-11H2,1H3,(H,21,22,24). The van der Waals surface area contributed by atoms with Crippen LogP contribution in [0.3, 0.4) is 0 Å². The highest BCUT2D eigenvalue weighted by molar-refractivity contribution is 6.34. The molecule has 0 saturated carbocycles. The van der Waals surface area contributed by atoms with Crippen molar-refractivity contribution < 1.29 is 0 Å². The number of anilines is 1. The van der Waals surface area contributed by atoms with Crippen LogP contribution in [0.4, 0.5) is 5.69 Å². The number of fused-ring (bicyclic) bond motifs is 1. The average molecular weight is 340 g/mol. The third kappa shape index (κ3) is 2.47. The Morgan fingerprint density at radius 1 is 1.12 bits per heavy atom. The Hall–Kier alpha value is -2.33. The van der Waals surface area contributed by atoms with Crippen LogP contribution in [0.1, 0.15) is 18.4 Å². The van der Waals surface area contributed by atoms with Crippen LogP contribution in [0.25, 0.3) is 22.3 Å². The molecule has 0 atom stereocenters. The summed E-state index contributed by atoms with van der Waals surface area (Å²) in [6, 6.07) is 11.4. The van der Waals surface area contributed by atoms with Gasteiger partial charge in [0.05, 0.1) is 15.9 Å². The first-order chi connectivity index (χ1) is 11.6. The highest BCUT2D eigenvalue weighted by Gasteiger charge is 2.18. The van der Waals surface area contributed by atoms with Crippen molar-refractivity contribution in [3.63, 3.8) is 0 Å². The third-order valence-corrected chi connectivity index (χ3v) is 5.16. The number of para-hydroxylation sites is 1. The number of hydrogen-bond acceptors (Lipinski definition) is 3. The van der Waals surface area contributed by atoms with Gasteiger partial charge in [0, 0.05) is 24.3 Å². The van der Waals surface area contributed by atoms with Crippen molar-refractivity contribution in [1.29, 1.82) is 0 Å². The van der Waals surface area contributed by atoms with Crippen LogP contribution in [0.15, 0.2) is 41.2 Å². The fourth-order valence-electron chi connectivity index (χ4n) is 3.37. The molecule has 2 aromatic carbocycles. The zero-order chi connectivity index (χ0) is 16.7. The molecule has 2 heterocycles. The maximum absolute atomic E-state index is 12.3. The molecule has 0 spiro atoms. The lowest BCUT2D eigenvalue weighted by atomic mass is 10.1. The van der Waals surface area contributed by atoms with E-state index in [0.29, 0.717) is 21.7 Å². The van der Waals surface area contributed by atoms with E-state index in [4.69, 9.17) is 11.6 Å². The van der Waals surface area contributed by atoms with Gasteiger partial charge in [-0.1, -0.05) is 23.7 Å². The van der Waals surface area contributed by atoms with Crippen molar-refractivity contribution in [3.8, 4) is 11.4 Å². The fourth-order valence-corrected chi connectivity index (χ4v) is 3.62. The Bertz CT molecular complexity index is 974. The van der Waals surface area contributed by atoms with Crippen LogP contribution in [-0.4, -0.2) is 23.1 Å². The highest BCUT2D eigenvalue weighted by Crippen LogP contribution is 2.35. The lowest BCUT2D eigenvalue weighted by molar-refractivity contribution is 0.949. The van der Waals surface area contributed by atoms with Gasteiger partial charge in [0.25, 0.3) is 5.56 Å². The summed E-state index contributed by atoms with van der Waals surface area (Å²) in [4.78, 5) is 22.1. The maximum Gasteiger partial charge on any atom is 0.259 e. The van der Waals surface area contributed by atoms with Crippen molar-refractivity contribution in [1.82, 2.24) is 9.97 Å². The molecule has 4 rings (SSSR count). The lowest BCUT2D eigenvalue weighted by Crippen LogP contribution is -2.19. The van der Waals surface area contributed by atoms with Gasteiger partial charge in [0.15, 0.2) is 0 Å². The van der Waals surface area contributed by atoms with Crippen molar-refractivity contribution >= 4 is 28.2 Å². The molecule has 3 aromatic rings. The first-order valence-corrected chi connectivity index (χ1v) is 8.56. The lowest BCUT2D eigenvalue weighted by Gasteiger charge is -2.21. The van der Waals surface area contributed by atoms with E-state index in [1.165, 1.54) is 18.5 Å². The van der Waals surface area contributed by atoms with Gasteiger partial charge in [0.2, 0.25) is 0 Å². The Balaban J connectivity index is 1.85. The van der Waals surface area contributed by atoms with Gasteiger partial charge in [-0.2, -0.15) is 0 Å². The Kier molecular flexibility index (Phi) is 3.77. The van der Waals surface area contributed by atoms with Gasteiger partial charge in [-0.05, 0) is 49.6 Å². The average Bonchev–Trinajstić information content (AvgIpc) is 3.11. The smallest absolute Gasteiger partial charge is 0.259 e. The molecule has 1 fully saturated rings. The van der Waals surface area contributed by atoms with Gasteiger partial charge in [-0.15, -0.1) is 0 Å². The topological polar surface area (TPSA) is 49.0 Å². The zero-order valence-corrected chi connectivity index (χ0v) is 14.2. The number of aromatic nitrogens is 2. The number of benzene rings is 2. The second-order valence-electron chi connectivity index (χ2n) is 6.20. The van der Waals surface area contributed by atoms with Crippen LogP contribution in [0, 0.1) is 6.92 Å². The summed E-state index contributed by atoms with van der Waals surface area (Å²) < 4.78 is 0. The Morgan fingerprint density at radius 3 is 2.67 bits per heavy atom. The maximum atomic E-state index is 12.3. The van der Waals surface area contributed by atoms with E-state index in [1.807, 2.05) is 31.2 Å². The summed E-state index contributed by atoms with van der Waals surface area (Å²) in [5.74, 6) is 0.514. The normalized spacial score (nSPS) is 14.5. The first kappa shape index (κ1) is 15.2. The molecule has 1 aliphatic rings. The first-order valence-electron chi connectivity index (χ1n) is 8.18. The SMILES string of the molecule is Cc1c(N2CCCC2)ccc(-c2nc3ccccc3c(=O)[nH]2)c1Cl. The molecule has 5 heteroatoms. The predicted molar refractivity (Wildman–Crippen MR) is 99.0 cm³/mol. The van der Waals surface area contributed by atoms with E-state index in [0.717, 1.165) is 24.2 Å². The Morgan fingerprint density at radius 2 is 1.88 bits per heavy atom. The van der Waals surface area contributed by atoms with Gasteiger partial charge < -0.3 is 9.88 Å². The summed E-state index contributed by atoms with van der Waals surface area (Å²) >= 11 is 6.63. The number of halogens is 1. The fraction of sp³-hybridized carbons (Fsp3) is 0.263. The summed E-state index contributed by atoms with van der Waals surface area (Å²) in [5, 5.41) is 1.24. The molecule has 0 amide bonds. The number of rotatable bonds is 2.